The molecule has 0 bridgehead atoms. The van der Waals surface area contributed by atoms with E-state index in [1.165, 1.54) is 0 Å². The molecule has 2 N–H and O–H groups in total. The lowest BCUT2D eigenvalue weighted by Gasteiger charge is -2.06. The zero-order valence-corrected chi connectivity index (χ0v) is 13.5. The van der Waals surface area contributed by atoms with E-state index in [0.29, 0.717) is 0 Å². The van der Waals surface area contributed by atoms with Crippen molar-refractivity contribution < 1.29 is 4.79 Å². The van der Waals surface area contributed by atoms with Crippen LogP contribution in [0.3, 0.4) is 0 Å². The summed E-state index contributed by atoms with van der Waals surface area (Å²) in [5.74, 6) is 0.258. The van der Waals surface area contributed by atoms with Crippen molar-refractivity contribution in [3.8, 4) is 11.1 Å². The fraction of sp³-hybridized carbons (Fsp3) is 0.150. The van der Waals surface area contributed by atoms with Gasteiger partial charge in [-0.15, -0.1) is 0 Å². The van der Waals surface area contributed by atoms with Crippen LogP contribution in [0.15, 0.2) is 55.1 Å². The fourth-order valence-electron chi connectivity index (χ4n) is 3.24. The number of amides is 1. The number of H-pyrrole nitrogens is 1. The number of anilines is 1. The van der Waals surface area contributed by atoms with Gasteiger partial charge in [0.1, 0.15) is 0 Å². The van der Waals surface area contributed by atoms with Gasteiger partial charge in [-0.2, -0.15) is 0 Å². The Morgan fingerprint density at radius 2 is 1.96 bits per heavy atom. The lowest BCUT2D eigenvalue weighted by molar-refractivity contribution is -0.117. The van der Waals surface area contributed by atoms with Crippen LogP contribution in [0.2, 0.25) is 0 Å². The monoisotopic (exact) mass is 328 g/mol. The lowest BCUT2D eigenvalue weighted by atomic mass is 10.0. The molecule has 1 aliphatic rings. The SMILES string of the molecule is O=C(Nc1cncc2[nH]c3cc(-c4cccnc4)ccc3c12)C1CC1. The van der Waals surface area contributed by atoms with Crippen molar-refractivity contribution in [3.05, 3.63) is 55.1 Å². The van der Waals surface area contributed by atoms with Gasteiger partial charge in [0.15, 0.2) is 0 Å². The quantitative estimate of drug-likeness (QED) is 0.594. The minimum atomic E-state index is 0.0932. The molecule has 5 heteroatoms. The van der Waals surface area contributed by atoms with Gasteiger partial charge in [0, 0.05) is 40.2 Å². The van der Waals surface area contributed by atoms with E-state index in [2.05, 4.69) is 38.5 Å². The second kappa shape index (κ2) is 5.41. The Morgan fingerprint density at radius 3 is 2.76 bits per heavy atom. The second-order valence-electron chi connectivity index (χ2n) is 6.50. The van der Waals surface area contributed by atoms with E-state index < -0.39 is 0 Å². The first-order valence-corrected chi connectivity index (χ1v) is 8.40. The molecule has 122 valence electrons. The summed E-state index contributed by atoms with van der Waals surface area (Å²) >= 11 is 0. The van der Waals surface area contributed by atoms with Gasteiger partial charge in [-0.3, -0.25) is 14.8 Å². The number of nitrogens with one attached hydrogen (secondary N) is 2. The number of nitrogens with zero attached hydrogens (tertiary/aromatic N) is 2. The number of carbonyl (C=O) groups excluding carboxylic acids is 1. The summed E-state index contributed by atoms with van der Waals surface area (Å²) in [4.78, 5) is 24.0. The average molecular weight is 328 g/mol. The summed E-state index contributed by atoms with van der Waals surface area (Å²) in [7, 11) is 0. The molecule has 0 atom stereocenters. The number of benzene rings is 1. The number of fused-ring (bicyclic) bond motifs is 3. The largest absolute Gasteiger partial charge is 0.353 e. The summed E-state index contributed by atoms with van der Waals surface area (Å²) in [5, 5.41) is 5.13. The number of hydrogen-bond acceptors (Lipinski definition) is 3. The number of carbonyl (C=O) groups is 1. The van der Waals surface area contributed by atoms with Crippen LogP contribution in [0.1, 0.15) is 12.8 Å². The maximum Gasteiger partial charge on any atom is 0.227 e. The molecule has 1 fully saturated rings. The summed E-state index contributed by atoms with van der Waals surface area (Å²) < 4.78 is 0. The Bertz CT molecular complexity index is 1100. The fourth-order valence-corrected chi connectivity index (χ4v) is 3.24. The molecule has 1 aliphatic carbocycles. The van der Waals surface area contributed by atoms with Crippen LogP contribution < -0.4 is 5.32 Å². The second-order valence-corrected chi connectivity index (χ2v) is 6.50. The van der Waals surface area contributed by atoms with Crippen molar-refractivity contribution in [2.45, 2.75) is 12.8 Å². The zero-order valence-electron chi connectivity index (χ0n) is 13.5. The van der Waals surface area contributed by atoms with Crippen molar-refractivity contribution >= 4 is 33.4 Å². The molecule has 1 saturated carbocycles. The molecule has 1 amide bonds. The Morgan fingerprint density at radius 1 is 1.04 bits per heavy atom. The predicted molar refractivity (Wildman–Crippen MR) is 98.2 cm³/mol. The maximum absolute atomic E-state index is 12.2. The van der Waals surface area contributed by atoms with E-state index >= 15 is 0 Å². The third kappa shape index (κ3) is 2.45. The summed E-state index contributed by atoms with van der Waals surface area (Å²) in [6, 6.07) is 10.3. The first-order chi connectivity index (χ1) is 12.3. The van der Waals surface area contributed by atoms with Crippen LogP contribution in [0.5, 0.6) is 0 Å². The molecule has 1 aromatic carbocycles. The first-order valence-electron chi connectivity index (χ1n) is 8.40. The highest BCUT2D eigenvalue weighted by molar-refractivity contribution is 6.16. The van der Waals surface area contributed by atoms with Crippen LogP contribution in [0.4, 0.5) is 5.69 Å². The molecule has 5 rings (SSSR count). The highest BCUT2D eigenvalue weighted by Crippen LogP contribution is 2.35. The van der Waals surface area contributed by atoms with E-state index in [0.717, 1.165) is 51.5 Å². The van der Waals surface area contributed by atoms with Gasteiger partial charge >= 0.3 is 0 Å². The van der Waals surface area contributed by atoms with Crippen LogP contribution in [0.25, 0.3) is 32.9 Å². The average Bonchev–Trinajstić information content (AvgIpc) is 3.43. The van der Waals surface area contributed by atoms with Crippen molar-refractivity contribution in [1.82, 2.24) is 15.0 Å². The van der Waals surface area contributed by atoms with Gasteiger partial charge in [-0.05, 0) is 30.5 Å². The van der Waals surface area contributed by atoms with E-state index in [1.807, 2.05) is 18.3 Å². The molecule has 0 radical (unpaired) electrons. The number of rotatable bonds is 3. The number of aromatic nitrogens is 3. The number of aromatic amines is 1. The van der Waals surface area contributed by atoms with Crippen molar-refractivity contribution in [3.63, 3.8) is 0 Å². The molecule has 4 aromatic rings. The van der Waals surface area contributed by atoms with Crippen LogP contribution in [0, 0.1) is 5.92 Å². The third-order valence-corrected chi connectivity index (χ3v) is 4.71. The molecule has 25 heavy (non-hydrogen) atoms. The molecular weight excluding hydrogens is 312 g/mol. The van der Waals surface area contributed by atoms with Gasteiger partial charge in [0.25, 0.3) is 0 Å². The van der Waals surface area contributed by atoms with E-state index in [1.54, 1.807) is 18.6 Å². The minimum Gasteiger partial charge on any atom is -0.353 e. The topological polar surface area (TPSA) is 70.7 Å². The third-order valence-electron chi connectivity index (χ3n) is 4.71. The van der Waals surface area contributed by atoms with Crippen LogP contribution >= 0.6 is 0 Å². The molecule has 3 heterocycles. The van der Waals surface area contributed by atoms with Crippen molar-refractivity contribution in [2.24, 2.45) is 5.92 Å². The minimum absolute atomic E-state index is 0.0932. The van der Waals surface area contributed by atoms with Gasteiger partial charge in [-0.1, -0.05) is 18.2 Å². The van der Waals surface area contributed by atoms with Crippen molar-refractivity contribution in [2.75, 3.05) is 5.32 Å². The summed E-state index contributed by atoms with van der Waals surface area (Å²) in [5.41, 5.74) is 4.89. The van der Waals surface area contributed by atoms with E-state index in [9.17, 15) is 4.79 Å². The van der Waals surface area contributed by atoms with E-state index in [-0.39, 0.29) is 11.8 Å². The summed E-state index contributed by atoms with van der Waals surface area (Å²) in [6.07, 6.45) is 9.12. The Kier molecular flexibility index (Phi) is 3.06. The van der Waals surface area contributed by atoms with Crippen molar-refractivity contribution in [1.29, 1.82) is 0 Å². The Labute approximate surface area is 144 Å². The van der Waals surface area contributed by atoms with Gasteiger partial charge < -0.3 is 10.3 Å². The predicted octanol–water partition coefficient (Wildman–Crippen LogP) is 4.13. The molecular formula is C20H16N4O. The first kappa shape index (κ1) is 14.2. The van der Waals surface area contributed by atoms with Gasteiger partial charge in [0.2, 0.25) is 5.91 Å². The zero-order chi connectivity index (χ0) is 16.8. The Balaban J connectivity index is 1.64. The molecule has 0 aliphatic heterocycles. The molecule has 5 nitrogen and oxygen atoms in total. The number of hydrogen-bond donors (Lipinski definition) is 2. The maximum atomic E-state index is 12.2. The Hall–Kier alpha value is -3.21. The molecule has 0 spiro atoms. The molecule has 3 aromatic heterocycles. The normalized spacial score (nSPS) is 14.1. The van der Waals surface area contributed by atoms with Crippen LogP contribution in [-0.4, -0.2) is 20.9 Å². The highest BCUT2D eigenvalue weighted by atomic mass is 16.2. The standard InChI is InChI=1S/C20H16N4O/c25-20(12-3-4-12)24-18-11-22-10-17-19(18)15-6-5-13(8-16(15)23-17)14-2-1-7-21-9-14/h1-2,5-12,23H,3-4H2,(H,24,25). The highest BCUT2D eigenvalue weighted by Gasteiger charge is 2.30. The van der Waals surface area contributed by atoms with Gasteiger partial charge in [-0.25, -0.2) is 0 Å². The number of pyridine rings is 2. The molecule has 0 unspecified atom stereocenters. The smallest absolute Gasteiger partial charge is 0.227 e. The summed E-state index contributed by atoms with van der Waals surface area (Å²) in [6.45, 7) is 0. The lowest BCUT2D eigenvalue weighted by Crippen LogP contribution is -2.13. The molecule has 0 saturated heterocycles. The van der Waals surface area contributed by atoms with Gasteiger partial charge in [0.05, 0.1) is 23.6 Å². The van der Waals surface area contributed by atoms with Crippen LogP contribution in [-0.2, 0) is 4.79 Å². The van der Waals surface area contributed by atoms with E-state index in [4.69, 9.17) is 0 Å².